The average molecular weight is 265 g/mol. The van der Waals surface area contributed by atoms with Crippen LogP contribution < -0.4 is 0 Å². The van der Waals surface area contributed by atoms with Gasteiger partial charge in [-0.1, -0.05) is 28.1 Å². The first kappa shape index (κ1) is 10.1. The molecule has 0 saturated heterocycles. The highest BCUT2D eigenvalue weighted by Gasteiger charge is 2.12. The summed E-state index contributed by atoms with van der Waals surface area (Å²) in [5.74, 6) is -0.0180. The van der Waals surface area contributed by atoms with Crippen molar-refractivity contribution >= 4 is 21.7 Å². The summed E-state index contributed by atoms with van der Waals surface area (Å²) in [4.78, 5) is 12.0. The molecule has 0 fully saturated rings. The highest BCUT2D eigenvalue weighted by atomic mass is 79.9. The summed E-state index contributed by atoms with van der Waals surface area (Å²) in [5.41, 5.74) is 1.26. The van der Waals surface area contributed by atoms with Crippen molar-refractivity contribution in [1.82, 2.24) is 9.78 Å². The smallest absolute Gasteiger partial charge is 0.197 e. The van der Waals surface area contributed by atoms with Gasteiger partial charge in [0, 0.05) is 23.3 Å². The highest BCUT2D eigenvalue weighted by Crippen LogP contribution is 2.19. The minimum Gasteiger partial charge on any atom is -0.288 e. The Kier molecular flexibility index (Phi) is 2.68. The SMILES string of the molecule is Cn1cc(C(=O)c2ccccc2Br)cn1. The topological polar surface area (TPSA) is 34.9 Å². The molecule has 76 valence electrons. The van der Waals surface area contributed by atoms with E-state index in [4.69, 9.17) is 0 Å². The molecule has 2 aromatic rings. The molecule has 0 saturated carbocycles. The van der Waals surface area contributed by atoms with E-state index in [1.54, 1.807) is 30.2 Å². The first-order valence-electron chi connectivity index (χ1n) is 4.46. The number of hydrogen-bond donors (Lipinski definition) is 0. The van der Waals surface area contributed by atoms with E-state index in [0.29, 0.717) is 11.1 Å². The van der Waals surface area contributed by atoms with E-state index >= 15 is 0 Å². The number of carbonyl (C=O) groups excluding carboxylic acids is 1. The minimum atomic E-state index is -0.0180. The van der Waals surface area contributed by atoms with Gasteiger partial charge in [0.25, 0.3) is 0 Å². The molecule has 0 spiro atoms. The van der Waals surface area contributed by atoms with Gasteiger partial charge in [-0.3, -0.25) is 9.48 Å². The van der Waals surface area contributed by atoms with Gasteiger partial charge < -0.3 is 0 Å². The van der Waals surface area contributed by atoms with Crippen LogP contribution in [-0.4, -0.2) is 15.6 Å². The molecule has 0 aliphatic rings. The third kappa shape index (κ3) is 1.99. The van der Waals surface area contributed by atoms with Crippen molar-refractivity contribution in [3.8, 4) is 0 Å². The van der Waals surface area contributed by atoms with Crippen LogP contribution in [0.5, 0.6) is 0 Å². The second kappa shape index (κ2) is 3.98. The standard InChI is InChI=1S/C11H9BrN2O/c1-14-7-8(6-13-14)11(15)9-4-2-3-5-10(9)12/h2-7H,1H3. The fourth-order valence-electron chi connectivity index (χ4n) is 1.34. The molecule has 2 rings (SSSR count). The number of aromatic nitrogens is 2. The van der Waals surface area contributed by atoms with Crippen LogP contribution in [0.4, 0.5) is 0 Å². The van der Waals surface area contributed by atoms with E-state index in [2.05, 4.69) is 21.0 Å². The number of carbonyl (C=O) groups is 1. The molecule has 15 heavy (non-hydrogen) atoms. The van der Waals surface area contributed by atoms with E-state index in [1.165, 1.54) is 0 Å². The average Bonchev–Trinajstić information content (AvgIpc) is 2.65. The van der Waals surface area contributed by atoms with Crippen LogP contribution in [0.15, 0.2) is 41.1 Å². The molecular weight excluding hydrogens is 256 g/mol. The summed E-state index contributed by atoms with van der Waals surface area (Å²) < 4.78 is 2.42. The molecule has 1 aromatic carbocycles. The Bertz CT molecular complexity index is 505. The van der Waals surface area contributed by atoms with Crippen molar-refractivity contribution in [3.05, 3.63) is 52.3 Å². The highest BCUT2D eigenvalue weighted by molar-refractivity contribution is 9.10. The van der Waals surface area contributed by atoms with E-state index < -0.39 is 0 Å². The van der Waals surface area contributed by atoms with Crippen molar-refractivity contribution in [2.45, 2.75) is 0 Å². The first-order valence-corrected chi connectivity index (χ1v) is 5.25. The van der Waals surface area contributed by atoms with Gasteiger partial charge in [-0.2, -0.15) is 5.10 Å². The zero-order chi connectivity index (χ0) is 10.8. The van der Waals surface area contributed by atoms with Gasteiger partial charge in [-0.05, 0) is 12.1 Å². The van der Waals surface area contributed by atoms with Crippen LogP contribution in [0.25, 0.3) is 0 Å². The molecule has 0 N–H and O–H groups in total. The Labute approximate surface area is 95.9 Å². The molecule has 0 bridgehead atoms. The lowest BCUT2D eigenvalue weighted by atomic mass is 10.1. The lowest BCUT2D eigenvalue weighted by molar-refractivity contribution is 0.103. The maximum absolute atomic E-state index is 12.0. The molecule has 0 aliphatic heterocycles. The number of ketones is 1. The van der Waals surface area contributed by atoms with Gasteiger partial charge in [-0.15, -0.1) is 0 Å². The maximum atomic E-state index is 12.0. The molecule has 0 unspecified atom stereocenters. The van der Waals surface area contributed by atoms with Gasteiger partial charge in [-0.25, -0.2) is 0 Å². The Morgan fingerprint density at radius 3 is 2.73 bits per heavy atom. The van der Waals surface area contributed by atoms with Crippen molar-refractivity contribution in [2.75, 3.05) is 0 Å². The summed E-state index contributed by atoms with van der Waals surface area (Å²) in [5, 5.41) is 3.97. The van der Waals surface area contributed by atoms with Crippen molar-refractivity contribution < 1.29 is 4.79 Å². The van der Waals surface area contributed by atoms with Crippen LogP contribution in [0.3, 0.4) is 0 Å². The molecule has 1 heterocycles. The number of benzene rings is 1. The summed E-state index contributed by atoms with van der Waals surface area (Å²) >= 11 is 3.35. The predicted molar refractivity (Wildman–Crippen MR) is 60.8 cm³/mol. The zero-order valence-corrected chi connectivity index (χ0v) is 9.73. The monoisotopic (exact) mass is 264 g/mol. The van der Waals surface area contributed by atoms with Gasteiger partial charge >= 0.3 is 0 Å². The van der Waals surface area contributed by atoms with Gasteiger partial charge in [0.1, 0.15) is 0 Å². The fraction of sp³-hybridized carbons (Fsp3) is 0.0909. The third-order valence-electron chi connectivity index (χ3n) is 2.09. The molecule has 1 aromatic heterocycles. The van der Waals surface area contributed by atoms with Gasteiger partial charge in [0.05, 0.1) is 11.8 Å². The van der Waals surface area contributed by atoms with Crippen LogP contribution in [0.1, 0.15) is 15.9 Å². The van der Waals surface area contributed by atoms with Gasteiger partial charge in [0.15, 0.2) is 5.78 Å². The van der Waals surface area contributed by atoms with Gasteiger partial charge in [0.2, 0.25) is 0 Å². The quantitative estimate of drug-likeness (QED) is 0.781. The second-order valence-electron chi connectivity index (χ2n) is 3.21. The number of nitrogens with zero attached hydrogens (tertiary/aromatic N) is 2. The summed E-state index contributed by atoms with van der Waals surface area (Å²) in [6, 6.07) is 7.36. The van der Waals surface area contributed by atoms with E-state index in [1.807, 2.05) is 18.2 Å². The summed E-state index contributed by atoms with van der Waals surface area (Å²) in [7, 11) is 1.79. The number of rotatable bonds is 2. The maximum Gasteiger partial charge on any atom is 0.197 e. The number of halogens is 1. The molecule has 0 atom stereocenters. The Hall–Kier alpha value is -1.42. The summed E-state index contributed by atoms with van der Waals surface area (Å²) in [6.45, 7) is 0. The minimum absolute atomic E-state index is 0.0180. The second-order valence-corrected chi connectivity index (χ2v) is 4.07. The van der Waals surface area contributed by atoms with Crippen LogP contribution >= 0.6 is 15.9 Å². The van der Waals surface area contributed by atoms with E-state index in [0.717, 1.165) is 4.47 Å². The van der Waals surface area contributed by atoms with Crippen molar-refractivity contribution in [2.24, 2.45) is 7.05 Å². The molecule has 3 nitrogen and oxygen atoms in total. The fourth-order valence-corrected chi connectivity index (χ4v) is 1.80. The third-order valence-corrected chi connectivity index (χ3v) is 2.78. The Morgan fingerprint density at radius 2 is 2.13 bits per heavy atom. The lowest BCUT2D eigenvalue weighted by Crippen LogP contribution is -2.00. The molecule has 4 heteroatoms. The van der Waals surface area contributed by atoms with E-state index in [-0.39, 0.29) is 5.78 Å². The first-order chi connectivity index (χ1) is 7.18. The number of aryl methyl sites for hydroxylation is 1. The van der Waals surface area contributed by atoms with Crippen LogP contribution in [0, 0.1) is 0 Å². The Balaban J connectivity index is 2.41. The van der Waals surface area contributed by atoms with Crippen molar-refractivity contribution in [3.63, 3.8) is 0 Å². The predicted octanol–water partition coefficient (Wildman–Crippen LogP) is 2.41. The Morgan fingerprint density at radius 1 is 1.40 bits per heavy atom. The van der Waals surface area contributed by atoms with Crippen molar-refractivity contribution in [1.29, 1.82) is 0 Å². The summed E-state index contributed by atoms with van der Waals surface area (Å²) in [6.07, 6.45) is 3.28. The molecule has 0 amide bonds. The molecule has 0 radical (unpaired) electrons. The molecular formula is C11H9BrN2O. The van der Waals surface area contributed by atoms with E-state index in [9.17, 15) is 4.79 Å². The largest absolute Gasteiger partial charge is 0.288 e. The normalized spacial score (nSPS) is 10.3. The van der Waals surface area contributed by atoms with Crippen LogP contribution in [0.2, 0.25) is 0 Å². The zero-order valence-electron chi connectivity index (χ0n) is 8.14. The van der Waals surface area contributed by atoms with Crippen LogP contribution in [-0.2, 0) is 7.05 Å². The number of hydrogen-bond acceptors (Lipinski definition) is 2. The molecule has 0 aliphatic carbocycles. The lowest BCUT2D eigenvalue weighted by Gasteiger charge is -2.00.